The number of rotatable bonds is 8. The van der Waals surface area contributed by atoms with E-state index >= 15 is 0 Å². The third kappa shape index (κ3) is 6.06. The fraction of sp³-hybridized carbons (Fsp3) is 0.355. The molecule has 0 N–H and O–H groups in total. The molecule has 35 heavy (non-hydrogen) atoms. The van der Waals surface area contributed by atoms with Gasteiger partial charge in [0.15, 0.2) is 0 Å². The molecule has 0 unspecified atom stereocenters. The maximum atomic E-state index is 6.69. The minimum absolute atomic E-state index is 0.103. The van der Waals surface area contributed by atoms with E-state index in [1.165, 1.54) is 28.1 Å². The van der Waals surface area contributed by atoms with Crippen LogP contribution < -0.4 is 4.90 Å². The molecule has 0 saturated carbocycles. The predicted molar refractivity (Wildman–Crippen MR) is 162 cm³/mol. The van der Waals surface area contributed by atoms with Gasteiger partial charge in [0.05, 0.1) is 0 Å². The zero-order chi connectivity index (χ0) is 26.0. The summed E-state index contributed by atoms with van der Waals surface area (Å²) in [5.74, 6) is 0. The summed E-state index contributed by atoms with van der Waals surface area (Å²) >= 11 is 14.0. The number of hydrogen-bond acceptors (Lipinski definition) is 1. The van der Waals surface area contributed by atoms with Crippen molar-refractivity contribution in [3.8, 4) is 0 Å². The van der Waals surface area contributed by atoms with Gasteiger partial charge in [0, 0.05) is 42.7 Å². The number of anilines is 1. The third-order valence-corrected chi connectivity index (χ3v) is 8.35. The Morgan fingerprint density at radius 2 is 1.74 bits per heavy atom. The fourth-order valence-corrected chi connectivity index (χ4v) is 5.60. The first-order chi connectivity index (χ1) is 16.4. The molecule has 0 radical (unpaired) electrons. The van der Waals surface area contributed by atoms with Gasteiger partial charge in [-0.25, -0.2) is 0 Å². The summed E-state index contributed by atoms with van der Waals surface area (Å²) in [6.45, 7) is 18.7. The molecule has 1 aliphatic rings. The molecule has 3 rings (SSSR count). The van der Waals surface area contributed by atoms with Crippen LogP contribution in [0.3, 0.4) is 0 Å². The average Bonchev–Trinajstić information content (AvgIpc) is 3.01. The number of benzene rings is 2. The smallest absolute Gasteiger partial charge is 0.0451 e. The molecule has 2 aromatic rings. The molecule has 186 valence electrons. The lowest BCUT2D eigenvalue weighted by atomic mass is 9.76. The molecule has 0 atom stereocenters. The zero-order valence-electron chi connectivity index (χ0n) is 21.7. The number of halogens is 3. The zero-order valence-corrected chi connectivity index (χ0v) is 25.6. The standard InChI is InChI=1S/C31H36Br2ClN/c1-8-9-18-35-28-16-13-24(33)20-27(28)31(6,7)29(35)17-15-25(34)14-11-22(3)30(4,5)26-19-23(32)12-10-21(26)2/h10-17,19-20H,3,8-9,18H2,1-2,4-7H3/b14-11+,25-15-,29-17+. The summed E-state index contributed by atoms with van der Waals surface area (Å²) in [4.78, 5) is 2.45. The molecule has 1 nitrogen and oxygen atoms in total. The SMILES string of the molecule is C=C(/C=C/C(Cl)=C/C=C1/N(CCCC)c2ccc(Br)cc2C1(C)C)C(C)(C)c1cc(Br)ccc1C. The molecular weight excluding hydrogens is 582 g/mol. The Bertz CT molecular complexity index is 1200. The lowest BCUT2D eigenvalue weighted by molar-refractivity contribution is 0.624. The quantitative estimate of drug-likeness (QED) is 0.266. The van der Waals surface area contributed by atoms with Gasteiger partial charge in [-0.1, -0.05) is 103 Å². The molecule has 0 fully saturated rings. The fourth-order valence-electron chi connectivity index (χ4n) is 4.75. The minimum Gasteiger partial charge on any atom is -0.344 e. The first kappa shape index (κ1) is 28.0. The Morgan fingerprint density at radius 3 is 2.43 bits per heavy atom. The molecule has 0 aliphatic carbocycles. The first-order valence-corrected chi connectivity index (χ1v) is 14.2. The predicted octanol–water partition coefficient (Wildman–Crippen LogP) is 10.5. The van der Waals surface area contributed by atoms with Gasteiger partial charge in [0.25, 0.3) is 0 Å². The number of allylic oxidation sites excluding steroid dienone is 7. The number of nitrogens with zero attached hydrogens (tertiary/aromatic N) is 1. The van der Waals surface area contributed by atoms with Crippen molar-refractivity contribution in [3.63, 3.8) is 0 Å². The second kappa shape index (κ2) is 11.2. The van der Waals surface area contributed by atoms with Gasteiger partial charge in [-0.2, -0.15) is 0 Å². The Morgan fingerprint density at radius 1 is 1.09 bits per heavy atom. The topological polar surface area (TPSA) is 3.24 Å². The highest BCUT2D eigenvalue weighted by molar-refractivity contribution is 9.10. The normalized spacial score (nSPS) is 16.9. The molecule has 4 heteroatoms. The number of unbranched alkanes of at least 4 members (excludes halogenated alkanes) is 1. The molecular formula is C31H36Br2ClN. The van der Waals surface area contributed by atoms with Crippen molar-refractivity contribution in [2.24, 2.45) is 0 Å². The Kier molecular flexibility index (Phi) is 9.00. The Labute approximate surface area is 233 Å². The summed E-state index contributed by atoms with van der Waals surface area (Å²) in [5, 5.41) is 0.684. The Balaban J connectivity index is 1.88. The van der Waals surface area contributed by atoms with Crippen LogP contribution in [0.2, 0.25) is 0 Å². The van der Waals surface area contributed by atoms with Gasteiger partial charge >= 0.3 is 0 Å². The van der Waals surface area contributed by atoms with Crippen LogP contribution in [0.1, 0.15) is 64.2 Å². The van der Waals surface area contributed by atoms with Crippen LogP contribution in [0.15, 0.2) is 92.5 Å². The Hall–Kier alpha value is -1.55. The second-order valence-electron chi connectivity index (χ2n) is 10.3. The summed E-state index contributed by atoms with van der Waals surface area (Å²) in [6.07, 6.45) is 10.5. The van der Waals surface area contributed by atoms with Crippen LogP contribution in [0, 0.1) is 6.92 Å². The van der Waals surface area contributed by atoms with Gasteiger partial charge in [-0.15, -0.1) is 0 Å². The van der Waals surface area contributed by atoms with Crippen molar-refractivity contribution < 1.29 is 0 Å². The second-order valence-corrected chi connectivity index (χ2v) is 12.6. The molecule has 0 saturated heterocycles. The highest BCUT2D eigenvalue weighted by Gasteiger charge is 2.39. The summed E-state index contributed by atoms with van der Waals surface area (Å²) < 4.78 is 2.19. The molecule has 0 aromatic heterocycles. The summed E-state index contributed by atoms with van der Waals surface area (Å²) in [7, 11) is 0. The molecule has 1 aliphatic heterocycles. The number of fused-ring (bicyclic) bond motifs is 1. The number of hydrogen-bond donors (Lipinski definition) is 0. The van der Waals surface area contributed by atoms with Gasteiger partial charge in [-0.3, -0.25) is 0 Å². The lowest BCUT2D eigenvalue weighted by Gasteiger charge is -2.28. The molecule has 0 amide bonds. The molecule has 0 spiro atoms. The van der Waals surface area contributed by atoms with Crippen molar-refractivity contribution in [2.75, 3.05) is 11.4 Å². The van der Waals surface area contributed by atoms with Crippen LogP contribution in [-0.4, -0.2) is 6.54 Å². The molecule has 0 bridgehead atoms. The summed E-state index contributed by atoms with van der Waals surface area (Å²) in [5.41, 5.74) is 7.11. The maximum Gasteiger partial charge on any atom is 0.0451 e. The van der Waals surface area contributed by atoms with Crippen molar-refractivity contribution in [2.45, 2.75) is 65.2 Å². The van der Waals surface area contributed by atoms with Crippen molar-refractivity contribution >= 4 is 49.1 Å². The van der Waals surface area contributed by atoms with Crippen molar-refractivity contribution in [1.29, 1.82) is 0 Å². The van der Waals surface area contributed by atoms with Gasteiger partial charge in [0.2, 0.25) is 0 Å². The van der Waals surface area contributed by atoms with Crippen molar-refractivity contribution in [1.82, 2.24) is 0 Å². The highest BCUT2D eigenvalue weighted by Crippen LogP contribution is 2.48. The van der Waals surface area contributed by atoms with Crippen molar-refractivity contribution in [3.05, 3.63) is 109 Å². The minimum atomic E-state index is -0.209. The van der Waals surface area contributed by atoms with E-state index < -0.39 is 0 Å². The number of aryl methyl sites for hydroxylation is 1. The molecule has 1 heterocycles. The van der Waals surface area contributed by atoms with E-state index in [1.807, 2.05) is 18.2 Å². The molecule has 2 aromatic carbocycles. The highest BCUT2D eigenvalue weighted by atomic mass is 79.9. The van der Waals surface area contributed by atoms with E-state index in [0.717, 1.165) is 33.9 Å². The van der Waals surface area contributed by atoms with Crippen LogP contribution in [-0.2, 0) is 10.8 Å². The van der Waals surface area contributed by atoms with Gasteiger partial charge in [-0.05, 0) is 84.2 Å². The average molecular weight is 618 g/mol. The van der Waals surface area contributed by atoms with Crippen LogP contribution in [0.4, 0.5) is 5.69 Å². The van der Waals surface area contributed by atoms with E-state index in [2.05, 4.69) is 127 Å². The van der Waals surface area contributed by atoms with E-state index in [-0.39, 0.29) is 10.8 Å². The van der Waals surface area contributed by atoms with Crippen LogP contribution in [0.5, 0.6) is 0 Å². The van der Waals surface area contributed by atoms with Gasteiger partial charge < -0.3 is 4.90 Å². The monoisotopic (exact) mass is 615 g/mol. The summed E-state index contributed by atoms with van der Waals surface area (Å²) in [6, 6.07) is 13.0. The first-order valence-electron chi connectivity index (χ1n) is 12.2. The van der Waals surface area contributed by atoms with E-state index in [0.29, 0.717) is 5.03 Å². The third-order valence-electron chi connectivity index (χ3n) is 7.11. The van der Waals surface area contributed by atoms with E-state index in [1.54, 1.807) is 0 Å². The van der Waals surface area contributed by atoms with E-state index in [4.69, 9.17) is 11.6 Å². The van der Waals surface area contributed by atoms with Gasteiger partial charge in [0.1, 0.15) is 0 Å². The van der Waals surface area contributed by atoms with E-state index in [9.17, 15) is 0 Å². The van der Waals surface area contributed by atoms with Crippen LogP contribution in [0.25, 0.3) is 0 Å². The lowest BCUT2D eigenvalue weighted by Crippen LogP contribution is -2.26. The van der Waals surface area contributed by atoms with Crippen LogP contribution >= 0.6 is 43.5 Å². The maximum absolute atomic E-state index is 6.69. The largest absolute Gasteiger partial charge is 0.344 e.